The molecule has 0 aliphatic carbocycles. The summed E-state index contributed by atoms with van der Waals surface area (Å²) in [6, 6.07) is 9.27. The zero-order valence-electron chi connectivity index (χ0n) is 16.3. The molecule has 1 aromatic carbocycles. The molecule has 1 amide bonds. The fourth-order valence-corrected chi connectivity index (χ4v) is 4.03. The van der Waals surface area contributed by atoms with E-state index in [1.165, 1.54) is 23.1 Å². The number of fused-ring (bicyclic) bond motifs is 1. The van der Waals surface area contributed by atoms with Crippen molar-refractivity contribution < 1.29 is 19.1 Å². The first-order chi connectivity index (χ1) is 14.5. The number of aromatic nitrogens is 2. The Morgan fingerprint density at radius 1 is 1.30 bits per heavy atom. The Balaban J connectivity index is 1.64. The molecule has 3 rings (SSSR count). The van der Waals surface area contributed by atoms with Gasteiger partial charge in [-0.3, -0.25) is 9.59 Å². The van der Waals surface area contributed by atoms with E-state index in [1.54, 1.807) is 37.6 Å². The number of anilines is 1. The molecule has 0 saturated carbocycles. The summed E-state index contributed by atoms with van der Waals surface area (Å²) in [5.74, 6) is 0.0766. The highest BCUT2D eigenvalue weighted by Crippen LogP contribution is 2.27. The summed E-state index contributed by atoms with van der Waals surface area (Å²) in [5, 5.41) is 15.5. The van der Waals surface area contributed by atoms with E-state index in [1.807, 2.05) is 6.07 Å². The number of amides is 1. The average molecular weight is 443 g/mol. The van der Waals surface area contributed by atoms with Gasteiger partial charge in [0.25, 0.3) is 0 Å². The van der Waals surface area contributed by atoms with Crippen LogP contribution in [0.3, 0.4) is 0 Å². The summed E-state index contributed by atoms with van der Waals surface area (Å²) in [6.45, 7) is 2.05. The predicted octanol–water partition coefficient (Wildman–Crippen LogP) is 3.41. The van der Waals surface area contributed by atoms with Gasteiger partial charge in [0.05, 0.1) is 42.7 Å². The Kier molecular flexibility index (Phi) is 7.21. The summed E-state index contributed by atoms with van der Waals surface area (Å²) in [7, 11) is 1.57. The average Bonchev–Trinajstić information content (AvgIpc) is 3.17. The third-order valence-corrected chi connectivity index (χ3v) is 5.68. The van der Waals surface area contributed by atoms with Gasteiger partial charge < -0.3 is 14.8 Å². The number of thiazole rings is 1. The number of carbonyl (C=O) groups is 2. The number of nitrogens with one attached hydrogen (secondary N) is 1. The minimum absolute atomic E-state index is 0.0595. The number of hydrogen-bond donors (Lipinski definition) is 1. The minimum atomic E-state index is -0.362. The number of benzene rings is 1. The first-order valence-corrected chi connectivity index (χ1v) is 10.8. The Labute approximate surface area is 181 Å². The fraction of sp³-hybridized carbons (Fsp3) is 0.250. The van der Waals surface area contributed by atoms with Gasteiger partial charge in [-0.25, -0.2) is 9.97 Å². The second kappa shape index (κ2) is 10.0. The number of methoxy groups -OCH3 is 1. The van der Waals surface area contributed by atoms with Crippen molar-refractivity contribution in [2.75, 3.05) is 24.8 Å². The summed E-state index contributed by atoms with van der Waals surface area (Å²) in [5.41, 5.74) is 1.62. The van der Waals surface area contributed by atoms with Crippen LogP contribution in [-0.2, 0) is 20.7 Å². The number of pyridine rings is 1. The normalized spacial score (nSPS) is 10.4. The van der Waals surface area contributed by atoms with Crippen molar-refractivity contribution in [3.05, 3.63) is 40.9 Å². The van der Waals surface area contributed by atoms with Gasteiger partial charge in [0, 0.05) is 16.8 Å². The third kappa shape index (κ3) is 5.46. The van der Waals surface area contributed by atoms with Gasteiger partial charge in [0.2, 0.25) is 5.91 Å². The molecule has 10 heteroatoms. The number of hydrogen-bond acceptors (Lipinski definition) is 9. The highest BCUT2D eigenvalue weighted by molar-refractivity contribution is 8.00. The first kappa shape index (κ1) is 21.5. The van der Waals surface area contributed by atoms with Gasteiger partial charge in [-0.1, -0.05) is 11.8 Å². The van der Waals surface area contributed by atoms with E-state index < -0.39 is 0 Å². The predicted molar refractivity (Wildman–Crippen MR) is 115 cm³/mol. The van der Waals surface area contributed by atoms with Crippen LogP contribution in [-0.4, -0.2) is 41.3 Å². The number of nitrogens with zero attached hydrogens (tertiary/aromatic N) is 3. The lowest BCUT2D eigenvalue weighted by atomic mass is 10.1. The standard InChI is InChI=1S/C20H18N4O4S2/c1-3-28-18(26)7-14-10-30-20(22-14)24-17(25)11-29-19-13(9-21)6-12-4-5-15(27-2)8-16(12)23-19/h4-6,8,10H,3,7,11H2,1-2H3,(H,22,24,25). The molecule has 30 heavy (non-hydrogen) atoms. The van der Waals surface area contributed by atoms with E-state index in [0.717, 1.165) is 5.39 Å². The lowest BCUT2D eigenvalue weighted by molar-refractivity contribution is -0.142. The molecular weight excluding hydrogens is 424 g/mol. The van der Waals surface area contributed by atoms with Crippen molar-refractivity contribution in [3.63, 3.8) is 0 Å². The zero-order valence-corrected chi connectivity index (χ0v) is 17.9. The van der Waals surface area contributed by atoms with Crippen molar-refractivity contribution in [3.8, 4) is 11.8 Å². The number of esters is 1. The summed E-state index contributed by atoms with van der Waals surface area (Å²) < 4.78 is 10.1. The molecule has 2 heterocycles. The zero-order chi connectivity index (χ0) is 21.5. The SMILES string of the molecule is CCOC(=O)Cc1csc(NC(=O)CSc2nc3cc(OC)ccc3cc2C#N)n1. The number of carbonyl (C=O) groups excluding carboxylic acids is 2. The van der Waals surface area contributed by atoms with Gasteiger partial charge in [-0.15, -0.1) is 11.3 Å². The van der Waals surface area contributed by atoms with Crippen molar-refractivity contribution in [2.24, 2.45) is 0 Å². The second-order valence-corrected chi connectivity index (χ2v) is 7.80. The molecule has 3 aromatic rings. The molecule has 1 N–H and O–H groups in total. The molecule has 8 nitrogen and oxygen atoms in total. The van der Waals surface area contributed by atoms with E-state index >= 15 is 0 Å². The van der Waals surface area contributed by atoms with Crippen LogP contribution in [0.15, 0.2) is 34.7 Å². The van der Waals surface area contributed by atoms with Gasteiger partial charge in [-0.2, -0.15) is 5.26 Å². The first-order valence-electron chi connectivity index (χ1n) is 8.94. The van der Waals surface area contributed by atoms with E-state index in [4.69, 9.17) is 9.47 Å². The quantitative estimate of drug-likeness (QED) is 0.417. The molecule has 0 aliphatic rings. The topological polar surface area (TPSA) is 114 Å². The van der Waals surface area contributed by atoms with Crippen LogP contribution in [0.1, 0.15) is 18.2 Å². The van der Waals surface area contributed by atoms with Gasteiger partial charge in [0.1, 0.15) is 16.8 Å². The fourth-order valence-electron chi connectivity index (χ4n) is 2.54. The van der Waals surface area contributed by atoms with E-state index in [9.17, 15) is 14.9 Å². The van der Waals surface area contributed by atoms with Gasteiger partial charge >= 0.3 is 5.97 Å². The molecule has 2 aromatic heterocycles. The molecular formula is C20H18N4O4S2. The number of nitriles is 1. The highest BCUT2D eigenvalue weighted by atomic mass is 32.2. The smallest absolute Gasteiger partial charge is 0.311 e. The highest BCUT2D eigenvalue weighted by Gasteiger charge is 2.13. The molecule has 0 bridgehead atoms. The maximum absolute atomic E-state index is 12.3. The molecule has 0 radical (unpaired) electrons. The molecule has 0 spiro atoms. The van der Waals surface area contributed by atoms with Crippen LogP contribution in [0.4, 0.5) is 5.13 Å². The molecule has 0 unspecified atom stereocenters. The van der Waals surface area contributed by atoms with Crippen molar-refractivity contribution in [1.29, 1.82) is 5.26 Å². The number of thioether (sulfide) groups is 1. The Hall–Kier alpha value is -3.16. The van der Waals surface area contributed by atoms with E-state index in [2.05, 4.69) is 21.4 Å². The Morgan fingerprint density at radius 2 is 2.13 bits per heavy atom. The lowest BCUT2D eigenvalue weighted by Crippen LogP contribution is -2.14. The number of rotatable bonds is 8. The van der Waals surface area contributed by atoms with Crippen LogP contribution < -0.4 is 10.1 Å². The number of ether oxygens (including phenoxy) is 2. The summed E-state index contributed by atoms with van der Waals surface area (Å²) >= 11 is 2.40. The second-order valence-electron chi connectivity index (χ2n) is 5.97. The largest absolute Gasteiger partial charge is 0.497 e. The lowest BCUT2D eigenvalue weighted by Gasteiger charge is -2.07. The van der Waals surface area contributed by atoms with Crippen LogP contribution in [0.2, 0.25) is 0 Å². The monoisotopic (exact) mass is 442 g/mol. The molecule has 0 aliphatic heterocycles. The molecule has 0 saturated heterocycles. The summed E-state index contributed by atoms with van der Waals surface area (Å²) in [6.07, 6.45) is 0.0605. The molecule has 154 valence electrons. The van der Waals surface area contributed by atoms with Gasteiger partial charge in [0.15, 0.2) is 5.13 Å². The third-order valence-electron chi connectivity index (χ3n) is 3.88. The van der Waals surface area contributed by atoms with Crippen LogP contribution in [0, 0.1) is 11.3 Å². The van der Waals surface area contributed by atoms with Crippen LogP contribution in [0.5, 0.6) is 5.75 Å². The van der Waals surface area contributed by atoms with Crippen LogP contribution >= 0.6 is 23.1 Å². The maximum atomic E-state index is 12.3. The van der Waals surface area contributed by atoms with Crippen molar-refractivity contribution in [1.82, 2.24) is 9.97 Å². The van der Waals surface area contributed by atoms with Crippen molar-refractivity contribution >= 4 is 51.0 Å². The summed E-state index contributed by atoms with van der Waals surface area (Å²) in [4.78, 5) is 32.5. The van der Waals surface area contributed by atoms with Gasteiger partial charge in [-0.05, 0) is 25.1 Å². The van der Waals surface area contributed by atoms with Crippen molar-refractivity contribution in [2.45, 2.75) is 18.4 Å². The Bertz CT molecular complexity index is 1120. The maximum Gasteiger partial charge on any atom is 0.311 e. The minimum Gasteiger partial charge on any atom is -0.497 e. The molecule has 0 fully saturated rings. The molecule has 0 atom stereocenters. The van der Waals surface area contributed by atoms with E-state index in [0.29, 0.717) is 39.3 Å². The van der Waals surface area contributed by atoms with Crippen LogP contribution in [0.25, 0.3) is 10.9 Å². The Morgan fingerprint density at radius 3 is 2.87 bits per heavy atom. The van der Waals surface area contributed by atoms with E-state index in [-0.39, 0.29) is 24.1 Å².